The lowest BCUT2D eigenvalue weighted by atomic mass is 10.3. The number of hydrogen-bond donors (Lipinski definition) is 4. The van der Waals surface area contributed by atoms with Gasteiger partial charge in [-0.3, -0.25) is 4.79 Å². The number of anilines is 2. The second-order valence-corrected chi connectivity index (χ2v) is 8.00. The Morgan fingerprint density at radius 3 is 2.33 bits per heavy atom. The highest BCUT2D eigenvalue weighted by atomic mass is 32.2. The lowest BCUT2D eigenvalue weighted by Crippen LogP contribution is -2.22. The SMILES string of the molecule is CCS(=O)(=O)c1c(N2CC(O)C(O)C2)sc(C(N)=O)c1N. The van der Waals surface area contributed by atoms with E-state index in [1.54, 1.807) is 0 Å². The Morgan fingerprint density at radius 1 is 1.38 bits per heavy atom. The fourth-order valence-corrected chi connectivity index (χ4v) is 4.87. The van der Waals surface area contributed by atoms with Crippen LogP contribution in [0.3, 0.4) is 0 Å². The smallest absolute Gasteiger partial charge is 0.261 e. The number of thiophene rings is 1. The van der Waals surface area contributed by atoms with Gasteiger partial charge in [0.1, 0.15) is 14.8 Å². The Labute approximate surface area is 125 Å². The molecule has 0 aromatic carbocycles. The largest absolute Gasteiger partial charge is 0.396 e. The standard InChI is InChI=1S/C11H17N3O5S2/c1-2-21(18,19)9-7(12)8(10(13)17)20-11(9)14-3-5(15)6(16)4-14/h5-6,15-16H,2-4,12H2,1H3,(H2,13,17). The number of nitrogen functional groups attached to an aromatic ring is 1. The number of hydrogen-bond acceptors (Lipinski definition) is 8. The minimum Gasteiger partial charge on any atom is -0.396 e. The van der Waals surface area contributed by atoms with E-state index in [2.05, 4.69) is 0 Å². The van der Waals surface area contributed by atoms with E-state index >= 15 is 0 Å². The summed E-state index contributed by atoms with van der Waals surface area (Å²) in [6.07, 6.45) is -1.97. The number of amides is 1. The quantitative estimate of drug-likeness (QED) is 0.538. The van der Waals surface area contributed by atoms with Gasteiger partial charge in [0, 0.05) is 13.1 Å². The van der Waals surface area contributed by atoms with Crippen LogP contribution in [0.2, 0.25) is 0 Å². The van der Waals surface area contributed by atoms with Crippen LogP contribution in [0.15, 0.2) is 4.90 Å². The van der Waals surface area contributed by atoms with Crippen molar-refractivity contribution in [3.63, 3.8) is 0 Å². The summed E-state index contributed by atoms with van der Waals surface area (Å²) in [5.41, 5.74) is 10.8. The van der Waals surface area contributed by atoms with Crippen molar-refractivity contribution in [1.29, 1.82) is 0 Å². The van der Waals surface area contributed by atoms with Crippen LogP contribution in [0.25, 0.3) is 0 Å². The van der Waals surface area contributed by atoms with Gasteiger partial charge < -0.3 is 26.6 Å². The van der Waals surface area contributed by atoms with Crippen LogP contribution in [0, 0.1) is 0 Å². The molecule has 1 aliphatic rings. The van der Waals surface area contributed by atoms with E-state index in [0.717, 1.165) is 11.3 Å². The molecule has 1 saturated heterocycles. The molecule has 8 nitrogen and oxygen atoms in total. The van der Waals surface area contributed by atoms with Gasteiger partial charge in [0.25, 0.3) is 5.91 Å². The molecule has 118 valence electrons. The van der Waals surface area contributed by atoms with Crippen molar-refractivity contribution < 1.29 is 23.4 Å². The monoisotopic (exact) mass is 335 g/mol. The number of β-amino-alcohol motifs (C(OH)–C–C–N with tert-alkyl or cyclic N) is 2. The van der Waals surface area contributed by atoms with Crippen LogP contribution in [0.4, 0.5) is 10.7 Å². The lowest BCUT2D eigenvalue weighted by molar-refractivity contribution is 0.0572. The first-order valence-corrected chi connectivity index (χ1v) is 8.71. The summed E-state index contributed by atoms with van der Waals surface area (Å²) in [4.78, 5) is 12.7. The molecule has 2 heterocycles. The van der Waals surface area contributed by atoms with Crippen LogP contribution in [-0.4, -0.2) is 55.6 Å². The summed E-state index contributed by atoms with van der Waals surface area (Å²) in [6, 6.07) is 0. The van der Waals surface area contributed by atoms with Crippen LogP contribution in [0.5, 0.6) is 0 Å². The van der Waals surface area contributed by atoms with Gasteiger partial charge in [-0.2, -0.15) is 0 Å². The van der Waals surface area contributed by atoms with Gasteiger partial charge in [0.15, 0.2) is 9.84 Å². The van der Waals surface area contributed by atoms with Gasteiger partial charge in [-0.05, 0) is 0 Å². The van der Waals surface area contributed by atoms with Crippen molar-refractivity contribution in [3.05, 3.63) is 4.88 Å². The molecule has 2 rings (SSSR count). The highest BCUT2D eigenvalue weighted by Crippen LogP contribution is 2.42. The third-order valence-electron chi connectivity index (χ3n) is 3.34. The highest BCUT2D eigenvalue weighted by Gasteiger charge is 2.36. The molecule has 1 aromatic heterocycles. The molecule has 21 heavy (non-hydrogen) atoms. The molecule has 0 radical (unpaired) electrons. The molecule has 6 N–H and O–H groups in total. The van der Waals surface area contributed by atoms with E-state index in [4.69, 9.17) is 11.5 Å². The molecule has 1 aliphatic heterocycles. The summed E-state index contributed by atoms with van der Waals surface area (Å²) in [5.74, 6) is -0.991. The molecule has 1 aromatic rings. The molecule has 0 bridgehead atoms. The van der Waals surface area contributed by atoms with Crippen LogP contribution >= 0.6 is 11.3 Å². The number of carbonyl (C=O) groups excluding carboxylic acids is 1. The molecule has 0 saturated carbocycles. The molecular weight excluding hydrogens is 318 g/mol. The maximum absolute atomic E-state index is 12.2. The molecule has 0 aliphatic carbocycles. The summed E-state index contributed by atoms with van der Waals surface area (Å²) >= 11 is 0.863. The van der Waals surface area contributed by atoms with Crippen LogP contribution in [-0.2, 0) is 9.84 Å². The number of primary amides is 1. The highest BCUT2D eigenvalue weighted by molar-refractivity contribution is 7.92. The van der Waals surface area contributed by atoms with Crippen molar-refractivity contribution in [2.45, 2.75) is 24.0 Å². The number of aliphatic hydroxyl groups excluding tert-OH is 2. The third-order valence-corrected chi connectivity index (χ3v) is 6.55. The molecule has 2 atom stereocenters. The molecule has 2 unspecified atom stereocenters. The first-order valence-electron chi connectivity index (χ1n) is 6.25. The van der Waals surface area contributed by atoms with Crippen molar-refractivity contribution in [2.75, 3.05) is 29.5 Å². The van der Waals surface area contributed by atoms with E-state index in [9.17, 15) is 23.4 Å². The maximum atomic E-state index is 12.2. The Balaban J connectivity index is 2.60. The summed E-state index contributed by atoms with van der Waals surface area (Å²) in [6.45, 7) is 1.59. The van der Waals surface area contributed by atoms with E-state index < -0.39 is 28.0 Å². The second-order valence-electron chi connectivity index (χ2n) is 4.79. The number of sulfone groups is 1. The summed E-state index contributed by atoms with van der Waals surface area (Å²) in [7, 11) is -3.67. The fourth-order valence-electron chi connectivity index (χ4n) is 2.19. The molecule has 1 amide bonds. The predicted octanol–water partition coefficient (Wildman–Crippen LogP) is -1.24. The van der Waals surface area contributed by atoms with Gasteiger partial charge >= 0.3 is 0 Å². The zero-order valence-electron chi connectivity index (χ0n) is 11.3. The molecule has 1 fully saturated rings. The number of carbonyl (C=O) groups is 1. The Kier molecular flexibility index (Phi) is 4.15. The van der Waals surface area contributed by atoms with Gasteiger partial charge in [0.05, 0.1) is 23.6 Å². The van der Waals surface area contributed by atoms with Crippen LogP contribution in [0.1, 0.15) is 16.6 Å². The minimum atomic E-state index is -3.67. The van der Waals surface area contributed by atoms with Gasteiger partial charge in [-0.25, -0.2) is 8.42 Å². The van der Waals surface area contributed by atoms with E-state index in [0.29, 0.717) is 0 Å². The molecule has 0 spiro atoms. The first kappa shape index (κ1) is 16.0. The average molecular weight is 335 g/mol. The van der Waals surface area contributed by atoms with Gasteiger partial charge in [-0.15, -0.1) is 11.3 Å². The predicted molar refractivity (Wildman–Crippen MR) is 79.2 cm³/mol. The van der Waals surface area contributed by atoms with E-state index in [1.165, 1.54) is 11.8 Å². The minimum absolute atomic E-state index is 0.0343. The summed E-state index contributed by atoms with van der Waals surface area (Å²) < 4.78 is 24.4. The van der Waals surface area contributed by atoms with Crippen molar-refractivity contribution in [3.8, 4) is 0 Å². The topological polar surface area (TPSA) is 147 Å². The lowest BCUT2D eigenvalue weighted by Gasteiger charge is -2.17. The van der Waals surface area contributed by atoms with Crippen LogP contribution < -0.4 is 16.4 Å². The first-order chi connectivity index (χ1) is 9.69. The number of rotatable bonds is 4. The Hall–Kier alpha value is -1.36. The average Bonchev–Trinajstić information content (AvgIpc) is 2.91. The van der Waals surface area contributed by atoms with Crippen molar-refractivity contribution in [2.24, 2.45) is 5.73 Å². The van der Waals surface area contributed by atoms with Gasteiger partial charge in [0.2, 0.25) is 0 Å². The van der Waals surface area contributed by atoms with E-state index in [-0.39, 0.29) is 39.3 Å². The number of nitrogens with two attached hydrogens (primary N) is 2. The zero-order chi connectivity index (χ0) is 15.9. The second kappa shape index (κ2) is 5.44. The maximum Gasteiger partial charge on any atom is 0.261 e. The number of nitrogens with zero attached hydrogens (tertiary/aromatic N) is 1. The van der Waals surface area contributed by atoms with E-state index in [1.807, 2.05) is 0 Å². The molecular formula is C11H17N3O5S2. The Bertz CT molecular complexity index is 660. The van der Waals surface area contributed by atoms with Gasteiger partial charge in [-0.1, -0.05) is 6.92 Å². The third kappa shape index (κ3) is 2.71. The number of aliphatic hydroxyl groups is 2. The molecule has 10 heteroatoms. The van der Waals surface area contributed by atoms with Crippen molar-refractivity contribution >= 4 is 37.8 Å². The zero-order valence-corrected chi connectivity index (χ0v) is 12.9. The van der Waals surface area contributed by atoms with Crippen molar-refractivity contribution in [1.82, 2.24) is 0 Å². The normalized spacial score (nSPS) is 22.7. The summed E-state index contributed by atoms with van der Waals surface area (Å²) in [5, 5.41) is 19.4. The Morgan fingerprint density at radius 2 is 1.90 bits per heavy atom. The fraction of sp³-hybridized carbons (Fsp3) is 0.545.